The smallest absolute Gasteiger partial charge is 0.435 e. The second-order valence-electron chi connectivity index (χ2n) is 6.00. The number of aromatic nitrogens is 2. The van der Waals surface area contributed by atoms with Crippen molar-refractivity contribution in [2.75, 3.05) is 7.11 Å². The Hall–Kier alpha value is -2.50. The average molecular weight is 332 g/mol. The maximum absolute atomic E-state index is 12.3. The number of rotatable bonds is 5. The Kier molecular flexibility index (Phi) is 5.49. The van der Waals surface area contributed by atoms with Crippen molar-refractivity contribution in [3.05, 3.63) is 30.0 Å². The van der Waals surface area contributed by atoms with Gasteiger partial charge in [0.1, 0.15) is 5.75 Å². The SMILES string of the molecule is COc1ccc(-c2c(OC(C)C)nn(C(=O)OC(C)C)c2C)cc1. The van der Waals surface area contributed by atoms with Gasteiger partial charge in [0.15, 0.2) is 0 Å². The van der Waals surface area contributed by atoms with Crippen LogP contribution in [0.25, 0.3) is 11.1 Å². The van der Waals surface area contributed by atoms with Gasteiger partial charge < -0.3 is 14.2 Å². The van der Waals surface area contributed by atoms with Crippen LogP contribution in [0.5, 0.6) is 11.6 Å². The Bertz CT molecular complexity index is 703. The van der Waals surface area contributed by atoms with Gasteiger partial charge in [-0.1, -0.05) is 12.1 Å². The number of methoxy groups -OCH3 is 1. The van der Waals surface area contributed by atoms with Crippen LogP contribution in [0, 0.1) is 6.92 Å². The van der Waals surface area contributed by atoms with Crippen molar-refractivity contribution in [3.8, 4) is 22.8 Å². The molecule has 1 aromatic heterocycles. The zero-order chi connectivity index (χ0) is 17.9. The number of nitrogens with zero attached hydrogens (tertiary/aromatic N) is 2. The first-order valence-corrected chi connectivity index (χ1v) is 7.95. The van der Waals surface area contributed by atoms with Crippen molar-refractivity contribution in [2.24, 2.45) is 0 Å². The number of carbonyl (C=O) groups is 1. The number of hydrogen-bond donors (Lipinski definition) is 0. The zero-order valence-electron chi connectivity index (χ0n) is 15.0. The molecule has 2 rings (SSSR count). The zero-order valence-corrected chi connectivity index (χ0v) is 15.0. The van der Waals surface area contributed by atoms with Gasteiger partial charge in [0.05, 0.1) is 30.6 Å². The largest absolute Gasteiger partial charge is 0.497 e. The third-order valence-corrected chi connectivity index (χ3v) is 3.32. The lowest BCUT2D eigenvalue weighted by Crippen LogP contribution is -2.20. The summed E-state index contributed by atoms with van der Waals surface area (Å²) in [5.74, 6) is 1.17. The van der Waals surface area contributed by atoms with E-state index in [2.05, 4.69) is 5.10 Å². The first kappa shape index (κ1) is 17.8. The lowest BCUT2D eigenvalue weighted by atomic mass is 10.1. The summed E-state index contributed by atoms with van der Waals surface area (Å²) in [6, 6.07) is 7.54. The van der Waals surface area contributed by atoms with E-state index >= 15 is 0 Å². The molecule has 0 aliphatic carbocycles. The van der Waals surface area contributed by atoms with Gasteiger partial charge in [0.25, 0.3) is 0 Å². The Morgan fingerprint density at radius 3 is 2.21 bits per heavy atom. The molecule has 0 saturated carbocycles. The van der Waals surface area contributed by atoms with Crippen LogP contribution < -0.4 is 9.47 Å². The lowest BCUT2D eigenvalue weighted by molar-refractivity contribution is 0.112. The molecular formula is C18H24N2O4. The van der Waals surface area contributed by atoms with Crippen molar-refractivity contribution < 1.29 is 19.0 Å². The molecule has 6 nitrogen and oxygen atoms in total. The maximum Gasteiger partial charge on any atom is 0.435 e. The molecule has 0 fully saturated rings. The van der Waals surface area contributed by atoms with Gasteiger partial charge in [0, 0.05) is 0 Å². The molecule has 0 radical (unpaired) electrons. The lowest BCUT2D eigenvalue weighted by Gasteiger charge is -2.09. The fourth-order valence-electron chi connectivity index (χ4n) is 2.30. The highest BCUT2D eigenvalue weighted by atomic mass is 16.6. The molecule has 130 valence electrons. The molecule has 0 aliphatic rings. The molecule has 0 amide bonds. The van der Waals surface area contributed by atoms with E-state index in [0.717, 1.165) is 16.9 Å². The first-order valence-electron chi connectivity index (χ1n) is 7.95. The van der Waals surface area contributed by atoms with Gasteiger partial charge in [0.2, 0.25) is 5.88 Å². The summed E-state index contributed by atoms with van der Waals surface area (Å²) in [4.78, 5) is 12.3. The molecule has 0 bridgehead atoms. The highest BCUT2D eigenvalue weighted by Crippen LogP contribution is 2.34. The molecular weight excluding hydrogens is 308 g/mol. The third-order valence-electron chi connectivity index (χ3n) is 3.32. The molecule has 0 aliphatic heterocycles. The Labute approximate surface area is 142 Å². The predicted molar refractivity (Wildman–Crippen MR) is 91.7 cm³/mol. The fraction of sp³-hybridized carbons (Fsp3) is 0.444. The number of ether oxygens (including phenoxy) is 3. The van der Waals surface area contributed by atoms with Crippen molar-refractivity contribution >= 4 is 6.09 Å². The van der Waals surface area contributed by atoms with Gasteiger partial charge >= 0.3 is 6.09 Å². The molecule has 0 atom stereocenters. The molecule has 24 heavy (non-hydrogen) atoms. The van der Waals surface area contributed by atoms with Gasteiger partial charge in [-0.3, -0.25) is 0 Å². The monoisotopic (exact) mass is 332 g/mol. The highest BCUT2D eigenvalue weighted by Gasteiger charge is 2.23. The molecule has 2 aromatic rings. The topological polar surface area (TPSA) is 62.6 Å². The molecule has 0 N–H and O–H groups in total. The Morgan fingerprint density at radius 2 is 1.71 bits per heavy atom. The molecule has 0 saturated heterocycles. The van der Waals surface area contributed by atoms with E-state index in [1.54, 1.807) is 21.0 Å². The Balaban J connectivity index is 2.50. The van der Waals surface area contributed by atoms with Crippen LogP contribution in [0.2, 0.25) is 0 Å². The minimum absolute atomic E-state index is 0.0640. The summed E-state index contributed by atoms with van der Waals surface area (Å²) in [5, 5.41) is 4.31. The van der Waals surface area contributed by atoms with E-state index in [1.807, 2.05) is 45.0 Å². The van der Waals surface area contributed by atoms with Gasteiger partial charge in [-0.15, -0.1) is 5.10 Å². The Morgan fingerprint density at radius 1 is 1.08 bits per heavy atom. The van der Waals surface area contributed by atoms with Crippen molar-refractivity contribution in [2.45, 2.75) is 46.8 Å². The molecule has 0 unspecified atom stereocenters. The molecule has 1 aromatic carbocycles. The standard InChI is InChI=1S/C18H24N2O4/c1-11(2)23-17-16(14-7-9-15(22-6)10-8-14)13(5)20(19-17)18(21)24-12(3)4/h7-12H,1-6H3. The van der Waals surface area contributed by atoms with Crippen LogP contribution in [-0.4, -0.2) is 35.2 Å². The highest BCUT2D eigenvalue weighted by molar-refractivity contribution is 5.78. The van der Waals surface area contributed by atoms with E-state index in [1.165, 1.54) is 4.68 Å². The van der Waals surface area contributed by atoms with Crippen LogP contribution in [-0.2, 0) is 4.74 Å². The third kappa shape index (κ3) is 3.88. The van der Waals surface area contributed by atoms with Crippen LogP contribution in [0.1, 0.15) is 33.4 Å². The van der Waals surface area contributed by atoms with Crippen LogP contribution in [0.3, 0.4) is 0 Å². The van der Waals surface area contributed by atoms with E-state index in [4.69, 9.17) is 14.2 Å². The second kappa shape index (κ2) is 7.38. The van der Waals surface area contributed by atoms with Gasteiger partial charge in [-0.2, -0.15) is 4.68 Å². The fourth-order valence-corrected chi connectivity index (χ4v) is 2.30. The summed E-state index contributed by atoms with van der Waals surface area (Å²) >= 11 is 0. The van der Waals surface area contributed by atoms with Gasteiger partial charge in [-0.25, -0.2) is 4.79 Å². The summed E-state index contributed by atoms with van der Waals surface area (Å²) < 4.78 is 17.5. The van der Waals surface area contributed by atoms with Gasteiger partial charge in [-0.05, 0) is 52.3 Å². The minimum Gasteiger partial charge on any atom is -0.497 e. The van der Waals surface area contributed by atoms with E-state index in [9.17, 15) is 4.79 Å². The maximum atomic E-state index is 12.3. The summed E-state index contributed by atoms with van der Waals surface area (Å²) in [7, 11) is 1.62. The molecule has 0 spiro atoms. The van der Waals surface area contributed by atoms with Crippen LogP contribution >= 0.6 is 0 Å². The number of carbonyl (C=O) groups excluding carboxylic acids is 1. The number of hydrogen-bond acceptors (Lipinski definition) is 5. The average Bonchev–Trinajstić information content (AvgIpc) is 2.82. The van der Waals surface area contributed by atoms with Crippen LogP contribution in [0.4, 0.5) is 4.79 Å². The van der Waals surface area contributed by atoms with E-state index in [0.29, 0.717) is 11.6 Å². The van der Waals surface area contributed by atoms with E-state index in [-0.39, 0.29) is 12.2 Å². The minimum atomic E-state index is -0.518. The van der Waals surface area contributed by atoms with Crippen molar-refractivity contribution in [1.29, 1.82) is 0 Å². The quantitative estimate of drug-likeness (QED) is 0.826. The molecule has 1 heterocycles. The predicted octanol–water partition coefficient (Wildman–Crippen LogP) is 4.05. The second-order valence-corrected chi connectivity index (χ2v) is 6.00. The summed E-state index contributed by atoms with van der Waals surface area (Å²) in [6.07, 6.45) is -0.804. The normalized spacial score (nSPS) is 11.0. The number of benzene rings is 1. The first-order chi connectivity index (χ1) is 11.3. The molecule has 6 heteroatoms. The summed E-state index contributed by atoms with van der Waals surface area (Å²) in [6.45, 7) is 9.25. The van der Waals surface area contributed by atoms with Crippen molar-refractivity contribution in [3.63, 3.8) is 0 Å². The van der Waals surface area contributed by atoms with Crippen LogP contribution in [0.15, 0.2) is 24.3 Å². The van der Waals surface area contributed by atoms with E-state index < -0.39 is 6.09 Å². The van der Waals surface area contributed by atoms with Crippen molar-refractivity contribution in [1.82, 2.24) is 9.78 Å². The summed E-state index contributed by atoms with van der Waals surface area (Å²) in [5.41, 5.74) is 2.33.